The van der Waals surface area contributed by atoms with E-state index in [2.05, 4.69) is 31.3 Å². The highest BCUT2D eigenvalue weighted by atomic mass is 79.9. The Balaban J connectivity index is 2.22. The van der Waals surface area contributed by atoms with Gasteiger partial charge in [0.05, 0.1) is 11.4 Å². The molecule has 0 bridgehead atoms. The Kier molecular flexibility index (Phi) is 4.29. The number of hydrogen-bond donors (Lipinski definition) is 1. The topological polar surface area (TPSA) is 81.1 Å². The Morgan fingerprint density at radius 3 is 3.11 bits per heavy atom. The van der Waals surface area contributed by atoms with Gasteiger partial charge in [0.2, 0.25) is 5.91 Å². The molecule has 2 rings (SSSR count). The van der Waals surface area contributed by atoms with Crippen LogP contribution in [0.25, 0.3) is 10.4 Å². The molecule has 19 heavy (non-hydrogen) atoms. The normalized spacial score (nSPS) is 18.3. The van der Waals surface area contributed by atoms with Crippen LogP contribution >= 0.6 is 15.9 Å². The number of azide groups is 1. The summed E-state index contributed by atoms with van der Waals surface area (Å²) >= 11 is 3.41. The Labute approximate surface area is 119 Å². The average Bonchev–Trinajstić information content (AvgIpc) is 2.77. The SMILES string of the molecule is CNc1cc(Br)ccc1N1CC(CN=[N+]=[N-])CC1=O. The molecule has 1 fully saturated rings. The molecule has 1 aromatic carbocycles. The van der Waals surface area contributed by atoms with Crippen LogP contribution in [-0.4, -0.2) is 26.0 Å². The van der Waals surface area contributed by atoms with Crippen LogP contribution in [0.3, 0.4) is 0 Å². The molecule has 1 heterocycles. The van der Waals surface area contributed by atoms with Gasteiger partial charge in [0, 0.05) is 35.9 Å². The highest BCUT2D eigenvalue weighted by Crippen LogP contribution is 2.33. The van der Waals surface area contributed by atoms with Crippen LogP contribution in [0.4, 0.5) is 11.4 Å². The lowest BCUT2D eigenvalue weighted by Crippen LogP contribution is -2.25. The predicted molar refractivity (Wildman–Crippen MR) is 78.2 cm³/mol. The van der Waals surface area contributed by atoms with Crippen LogP contribution in [0.1, 0.15) is 6.42 Å². The number of nitrogens with one attached hydrogen (secondary N) is 1. The number of benzene rings is 1. The fourth-order valence-corrected chi connectivity index (χ4v) is 2.59. The first kappa shape index (κ1) is 13.7. The van der Waals surface area contributed by atoms with Crippen molar-refractivity contribution in [3.63, 3.8) is 0 Å². The van der Waals surface area contributed by atoms with Gasteiger partial charge in [-0.15, -0.1) is 0 Å². The number of nitrogens with zero attached hydrogens (tertiary/aromatic N) is 4. The molecular formula is C12H14BrN5O. The standard InChI is InChI=1S/C12H14BrN5O/c1-15-10-5-9(13)2-3-11(10)18-7-8(4-12(18)19)6-16-17-14/h2-3,5,8,15H,4,6-7H2,1H3. The van der Waals surface area contributed by atoms with Gasteiger partial charge >= 0.3 is 0 Å². The summed E-state index contributed by atoms with van der Waals surface area (Å²) in [6.07, 6.45) is 0.429. The van der Waals surface area contributed by atoms with E-state index >= 15 is 0 Å². The van der Waals surface area contributed by atoms with E-state index in [1.54, 1.807) is 4.90 Å². The fourth-order valence-electron chi connectivity index (χ4n) is 2.23. The van der Waals surface area contributed by atoms with Crippen LogP contribution in [0, 0.1) is 5.92 Å². The van der Waals surface area contributed by atoms with E-state index in [9.17, 15) is 4.79 Å². The molecule has 0 radical (unpaired) electrons. The first-order valence-electron chi connectivity index (χ1n) is 5.94. The molecule has 0 saturated carbocycles. The summed E-state index contributed by atoms with van der Waals surface area (Å²) in [6.45, 7) is 0.957. The zero-order valence-corrected chi connectivity index (χ0v) is 12.1. The quantitative estimate of drug-likeness (QED) is 0.524. The molecule has 1 aliphatic heterocycles. The van der Waals surface area contributed by atoms with Crippen LogP contribution < -0.4 is 10.2 Å². The van der Waals surface area contributed by atoms with Gasteiger partial charge in [0.15, 0.2) is 0 Å². The number of halogens is 1. The molecule has 1 saturated heterocycles. The Morgan fingerprint density at radius 1 is 1.63 bits per heavy atom. The third kappa shape index (κ3) is 3.00. The van der Waals surface area contributed by atoms with E-state index in [4.69, 9.17) is 5.53 Å². The van der Waals surface area contributed by atoms with Gasteiger partial charge in [-0.1, -0.05) is 21.0 Å². The van der Waals surface area contributed by atoms with E-state index in [1.807, 2.05) is 25.2 Å². The van der Waals surface area contributed by atoms with Gasteiger partial charge in [-0.3, -0.25) is 4.79 Å². The van der Waals surface area contributed by atoms with Crippen molar-refractivity contribution in [2.24, 2.45) is 11.0 Å². The minimum atomic E-state index is 0.0666. The summed E-state index contributed by atoms with van der Waals surface area (Å²) in [5.74, 6) is 0.161. The van der Waals surface area contributed by atoms with Crippen molar-refractivity contribution >= 4 is 33.2 Å². The second kappa shape index (κ2) is 5.95. The predicted octanol–water partition coefficient (Wildman–Crippen LogP) is 3.15. The molecule has 0 aromatic heterocycles. The van der Waals surface area contributed by atoms with E-state index in [1.165, 1.54) is 0 Å². The first-order valence-corrected chi connectivity index (χ1v) is 6.73. The Morgan fingerprint density at radius 2 is 2.42 bits per heavy atom. The molecular weight excluding hydrogens is 310 g/mol. The number of anilines is 2. The summed E-state index contributed by atoms with van der Waals surface area (Å²) < 4.78 is 0.956. The molecule has 0 aliphatic carbocycles. The zero-order valence-electron chi connectivity index (χ0n) is 10.5. The van der Waals surface area contributed by atoms with Gasteiger partial charge in [-0.25, -0.2) is 0 Å². The van der Waals surface area contributed by atoms with E-state index in [0.717, 1.165) is 15.8 Å². The molecule has 1 aliphatic rings. The van der Waals surface area contributed by atoms with E-state index in [-0.39, 0.29) is 11.8 Å². The second-order valence-corrected chi connectivity index (χ2v) is 5.32. The maximum Gasteiger partial charge on any atom is 0.227 e. The monoisotopic (exact) mass is 323 g/mol. The van der Waals surface area contributed by atoms with Crippen molar-refractivity contribution in [1.29, 1.82) is 0 Å². The number of carbonyl (C=O) groups is 1. The first-order chi connectivity index (χ1) is 9.15. The smallest absolute Gasteiger partial charge is 0.227 e. The summed E-state index contributed by atoms with van der Waals surface area (Å²) in [5.41, 5.74) is 10.1. The van der Waals surface area contributed by atoms with Gasteiger partial charge in [-0.05, 0) is 29.6 Å². The summed E-state index contributed by atoms with van der Waals surface area (Å²) in [5, 5.41) is 6.64. The lowest BCUT2D eigenvalue weighted by atomic mass is 10.1. The highest BCUT2D eigenvalue weighted by Gasteiger charge is 2.31. The fraction of sp³-hybridized carbons (Fsp3) is 0.417. The number of hydrogen-bond acceptors (Lipinski definition) is 3. The molecule has 1 N–H and O–H groups in total. The highest BCUT2D eigenvalue weighted by molar-refractivity contribution is 9.10. The minimum absolute atomic E-state index is 0.0666. The van der Waals surface area contributed by atoms with Crippen molar-refractivity contribution in [2.75, 3.05) is 30.4 Å². The van der Waals surface area contributed by atoms with Crippen molar-refractivity contribution in [3.8, 4) is 0 Å². The third-order valence-corrected chi connectivity index (χ3v) is 3.62. The third-order valence-electron chi connectivity index (χ3n) is 3.13. The number of carbonyl (C=O) groups excluding carboxylic acids is 1. The van der Waals surface area contributed by atoms with Crippen molar-refractivity contribution in [3.05, 3.63) is 33.1 Å². The maximum atomic E-state index is 12.1. The lowest BCUT2D eigenvalue weighted by Gasteiger charge is -2.20. The lowest BCUT2D eigenvalue weighted by molar-refractivity contribution is -0.117. The molecule has 0 spiro atoms. The molecule has 1 aromatic rings. The van der Waals surface area contributed by atoms with Crippen LogP contribution in [0.2, 0.25) is 0 Å². The summed E-state index contributed by atoms with van der Waals surface area (Å²) in [4.78, 5) is 16.5. The molecule has 7 heteroatoms. The Hall–Kier alpha value is -1.72. The van der Waals surface area contributed by atoms with Crippen molar-refractivity contribution < 1.29 is 4.79 Å². The van der Waals surface area contributed by atoms with Gasteiger partial charge in [0.1, 0.15) is 0 Å². The minimum Gasteiger partial charge on any atom is -0.386 e. The van der Waals surface area contributed by atoms with Crippen molar-refractivity contribution in [2.45, 2.75) is 6.42 Å². The zero-order chi connectivity index (χ0) is 13.8. The average molecular weight is 324 g/mol. The van der Waals surface area contributed by atoms with Gasteiger partial charge < -0.3 is 10.2 Å². The summed E-state index contributed by atoms with van der Waals surface area (Å²) in [7, 11) is 1.82. The molecule has 1 atom stereocenters. The number of amides is 1. The van der Waals surface area contributed by atoms with Gasteiger partial charge in [0.25, 0.3) is 0 Å². The molecule has 6 nitrogen and oxygen atoms in total. The molecule has 1 amide bonds. The number of rotatable bonds is 4. The molecule has 1 unspecified atom stereocenters. The van der Waals surface area contributed by atoms with Crippen molar-refractivity contribution in [1.82, 2.24) is 0 Å². The van der Waals surface area contributed by atoms with Crippen LogP contribution in [0.5, 0.6) is 0 Å². The van der Waals surface area contributed by atoms with Crippen LogP contribution in [0.15, 0.2) is 27.8 Å². The van der Waals surface area contributed by atoms with E-state index < -0.39 is 0 Å². The second-order valence-electron chi connectivity index (χ2n) is 4.40. The van der Waals surface area contributed by atoms with Gasteiger partial charge in [-0.2, -0.15) is 0 Å². The Bertz CT molecular complexity index is 541. The molecule has 100 valence electrons. The summed E-state index contributed by atoms with van der Waals surface area (Å²) in [6, 6.07) is 5.75. The van der Waals surface area contributed by atoms with E-state index in [0.29, 0.717) is 19.5 Å². The largest absolute Gasteiger partial charge is 0.386 e. The van der Waals surface area contributed by atoms with Crippen LogP contribution in [-0.2, 0) is 4.79 Å². The maximum absolute atomic E-state index is 12.1.